The Morgan fingerprint density at radius 3 is 2.27 bits per heavy atom. The standard InChI is InChI=1S/C13H18O2/c1-4-11-6-8-12(9-7-11)13(10(3)14)15-5-2/h6-9,13H,4-5H2,1-3H3. The Kier molecular flexibility index (Phi) is 4.50. The van der Waals surface area contributed by atoms with Gasteiger partial charge in [-0.15, -0.1) is 0 Å². The fourth-order valence-electron chi connectivity index (χ4n) is 1.54. The zero-order chi connectivity index (χ0) is 11.3. The van der Waals surface area contributed by atoms with Crippen molar-refractivity contribution in [3.8, 4) is 0 Å². The minimum Gasteiger partial charge on any atom is -0.366 e. The second kappa shape index (κ2) is 5.66. The molecule has 1 aromatic carbocycles. The van der Waals surface area contributed by atoms with Crippen LogP contribution >= 0.6 is 0 Å². The number of carbonyl (C=O) groups is 1. The lowest BCUT2D eigenvalue weighted by Gasteiger charge is -2.14. The van der Waals surface area contributed by atoms with Gasteiger partial charge in [-0.2, -0.15) is 0 Å². The quantitative estimate of drug-likeness (QED) is 0.740. The first-order valence-electron chi connectivity index (χ1n) is 5.39. The molecule has 0 amide bonds. The van der Waals surface area contributed by atoms with Gasteiger partial charge >= 0.3 is 0 Å². The number of benzene rings is 1. The summed E-state index contributed by atoms with van der Waals surface area (Å²) in [5.41, 5.74) is 2.22. The molecule has 0 aromatic heterocycles. The van der Waals surface area contributed by atoms with Crippen molar-refractivity contribution in [2.45, 2.75) is 33.3 Å². The van der Waals surface area contributed by atoms with Crippen molar-refractivity contribution in [1.82, 2.24) is 0 Å². The molecule has 0 fully saturated rings. The number of carbonyl (C=O) groups excluding carboxylic acids is 1. The summed E-state index contributed by atoms with van der Waals surface area (Å²) in [4.78, 5) is 11.4. The summed E-state index contributed by atoms with van der Waals surface area (Å²) in [6.45, 7) is 6.13. The monoisotopic (exact) mass is 206 g/mol. The smallest absolute Gasteiger partial charge is 0.163 e. The lowest BCUT2D eigenvalue weighted by molar-refractivity contribution is -0.128. The molecule has 0 aliphatic heterocycles. The maximum Gasteiger partial charge on any atom is 0.163 e. The van der Waals surface area contributed by atoms with Crippen LogP contribution in [-0.2, 0) is 16.0 Å². The minimum absolute atomic E-state index is 0.0566. The molecule has 1 atom stereocenters. The van der Waals surface area contributed by atoms with Crippen LogP contribution in [0, 0.1) is 0 Å². The molecular weight excluding hydrogens is 188 g/mol. The van der Waals surface area contributed by atoms with Crippen molar-refractivity contribution in [1.29, 1.82) is 0 Å². The fraction of sp³-hybridized carbons (Fsp3) is 0.462. The summed E-state index contributed by atoms with van der Waals surface area (Å²) in [5, 5.41) is 0. The molecule has 0 bridgehead atoms. The summed E-state index contributed by atoms with van der Waals surface area (Å²) < 4.78 is 5.41. The van der Waals surface area contributed by atoms with Gasteiger partial charge in [0.15, 0.2) is 5.78 Å². The Labute approximate surface area is 91.3 Å². The third-order valence-electron chi connectivity index (χ3n) is 2.39. The first-order valence-corrected chi connectivity index (χ1v) is 5.39. The molecule has 0 heterocycles. The maximum atomic E-state index is 11.4. The zero-order valence-electron chi connectivity index (χ0n) is 9.62. The predicted octanol–water partition coefficient (Wildman–Crippen LogP) is 2.92. The van der Waals surface area contributed by atoms with Crippen molar-refractivity contribution in [3.63, 3.8) is 0 Å². The molecular formula is C13H18O2. The van der Waals surface area contributed by atoms with Gasteiger partial charge in [-0.1, -0.05) is 31.2 Å². The Bertz CT molecular complexity index is 314. The minimum atomic E-state index is -0.402. The topological polar surface area (TPSA) is 26.3 Å². The van der Waals surface area contributed by atoms with E-state index in [4.69, 9.17) is 4.74 Å². The molecule has 0 N–H and O–H groups in total. The van der Waals surface area contributed by atoms with Crippen molar-refractivity contribution in [2.24, 2.45) is 0 Å². The van der Waals surface area contributed by atoms with Crippen LogP contribution in [0.1, 0.15) is 38.0 Å². The van der Waals surface area contributed by atoms with Crippen molar-refractivity contribution < 1.29 is 9.53 Å². The van der Waals surface area contributed by atoms with E-state index in [1.54, 1.807) is 6.92 Å². The van der Waals surface area contributed by atoms with Gasteiger partial charge in [-0.3, -0.25) is 4.79 Å². The molecule has 82 valence electrons. The molecule has 0 spiro atoms. The van der Waals surface area contributed by atoms with Crippen molar-refractivity contribution >= 4 is 5.78 Å². The van der Waals surface area contributed by atoms with Gasteiger partial charge in [0.05, 0.1) is 0 Å². The highest BCUT2D eigenvalue weighted by Crippen LogP contribution is 2.19. The Balaban J connectivity index is 2.86. The molecule has 2 nitrogen and oxygen atoms in total. The molecule has 0 radical (unpaired) electrons. The van der Waals surface area contributed by atoms with Crippen LogP contribution in [0.2, 0.25) is 0 Å². The third kappa shape index (κ3) is 3.17. The number of ether oxygens (including phenoxy) is 1. The predicted molar refractivity (Wildman–Crippen MR) is 60.9 cm³/mol. The van der Waals surface area contributed by atoms with Crippen LogP contribution in [0.15, 0.2) is 24.3 Å². The summed E-state index contributed by atoms with van der Waals surface area (Å²) in [7, 11) is 0. The van der Waals surface area contributed by atoms with Crippen LogP contribution in [0.3, 0.4) is 0 Å². The molecule has 2 heteroatoms. The summed E-state index contributed by atoms with van der Waals surface area (Å²) in [6, 6.07) is 8.04. The fourth-order valence-corrected chi connectivity index (χ4v) is 1.54. The average molecular weight is 206 g/mol. The first kappa shape index (κ1) is 11.9. The molecule has 0 aliphatic rings. The van der Waals surface area contributed by atoms with Crippen LogP contribution in [-0.4, -0.2) is 12.4 Å². The first-order chi connectivity index (χ1) is 7.19. The SMILES string of the molecule is CCOC(C(C)=O)c1ccc(CC)cc1. The van der Waals surface area contributed by atoms with Crippen molar-refractivity contribution in [3.05, 3.63) is 35.4 Å². The van der Waals surface area contributed by atoms with E-state index < -0.39 is 6.10 Å². The molecule has 1 aromatic rings. The Morgan fingerprint density at radius 1 is 1.27 bits per heavy atom. The van der Waals surface area contributed by atoms with Gasteiger partial charge in [0.25, 0.3) is 0 Å². The van der Waals surface area contributed by atoms with Crippen LogP contribution in [0.5, 0.6) is 0 Å². The highest BCUT2D eigenvalue weighted by atomic mass is 16.5. The van der Waals surface area contributed by atoms with Crippen molar-refractivity contribution in [2.75, 3.05) is 6.61 Å². The normalized spacial score (nSPS) is 12.5. The van der Waals surface area contributed by atoms with E-state index in [1.807, 2.05) is 31.2 Å². The van der Waals surface area contributed by atoms with Crippen LogP contribution in [0.4, 0.5) is 0 Å². The summed E-state index contributed by atoms with van der Waals surface area (Å²) >= 11 is 0. The van der Waals surface area contributed by atoms with E-state index >= 15 is 0 Å². The molecule has 15 heavy (non-hydrogen) atoms. The zero-order valence-corrected chi connectivity index (χ0v) is 9.62. The third-order valence-corrected chi connectivity index (χ3v) is 2.39. The highest BCUT2D eigenvalue weighted by molar-refractivity contribution is 5.81. The lowest BCUT2D eigenvalue weighted by Crippen LogP contribution is -2.12. The summed E-state index contributed by atoms with van der Waals surface area (Å²) in [5.74, 6) is 0.0566. The van der Waals surface area contributed by atoms with Crippen LogP contribution < -0.4 is 0 Å². The number of Topliss-reactive ketones (excluding diaryl/α,β-unsaturated/α-hetero) is 1. The molecule has 1 unspecified atom stereocenters. The van der Waals surface area contributed by atoms with E-state index in [-0.39, 0.29) is 5.78 Å². The average Bonchev–Trinajstić information content (AvgIpc) is 2.26. The van der Waals surface area contributed by atoms with Gasteiger partial charge in [-0.25, -0.2) is 0 Å². The van der Waals surface area contributed by atoms with Gasteiger partial charge in [0.2, 0.25) is 0 Å². The van der Waals surface area contributed by atoms with Crippen LogP contribution in [0.25, 0.3) is 0 Å². The van der Waals surface area contributed by atoms with E-state index in [0.717, 1.165) is 12.0 Å². The number of hydrogen-bond donors (Lipinski definition) is 0. The van der Waals surface area contributed by atoms with Gasteiger partial charge in [0.1, 0.15) is 6.10 Å². The largest absolute Gasteiger partial charge is 0.366 e. The lowest BCUT2D eigenvalue weighted by atomic mass is 10.0. The molecule has 0 saturated carbocycles. The second-order valence-corrected chi connectivity index (χ2v) is 3.54. The second-order valence-electron chi connectivity index (χ2n) is 3.54. The molecule has 1 rings (SSSR count). The Morgan fingerprint density at radius 2 is 1.87 bits per heavy atom. The van der Waals surface area contributed by atoms with E-state index in [0.29, 0.717) is 6.61 Å². The summed E-state index contributed by atoms with van der Waals surface area (Å²) in [6.07, 6.45) is 0.612. The molecule has 0 saturated heterocycles. The Hall–Kier alpha value is -1.15. The maximum absolute atomic E-state index is 11.4. The molecule has 0 aliphatic carbocycles. The number of hydrogen-bond acceptors (Lipinski definition) is 2. The van der Waals surface area contributed by atoms with E-state index in [2.05, 4.69) is 6.92 Å². The van der Waals surface area contributed by atoms with Gasteiger partial charge < -0.3 is 4.74 Å². The number of aryl methyl sites for hydroxylation is 1. The number of ketones is 1. The van der Waals surface area contributed by atoms with Gasteiger partial charge in [0, 0.05) is 6.61 Å². The number of rotatable bonds is 5. The van der Waals surface area contributed by atoms with E-state index in [1.165, 1.54) is 5.56 Å². The highest BCUT2D eigenvalue weighted by Gasteiger charge is 2.15. The van der Waals surface area contributed by atoms with Gasteiger partial charge in [-0.05, 0) is 31.4 Å². The van der Waals surface area contributed by atoms with E-state index in [9.17, 15) is 4.79 Å².